The molecule has 0 aliphatic carbocycles. The molecule has 1 saturated heterocycles. The van der Waals surface area contributed by atoms with Gasteiger partial charge >= 0.3 is 5.69 Å². The van der Waals surface area contributed by atoms with Crippen molar-refractivity contribution in [2.45, 2.75) is 13.0 Å². The molecule has 4 rings (SSSR count). The molecule has 0 radical (unpaired) electrons. The summed E-state index contributed by atoms with van der Waals surface area (Å²) < 4.78 is 5.47. The number of aromatic nitrogens is 2. The third-order valence-corrected chi connectivity index (χ3v) is 5.47. The van der Waals surface area contributed by atoms with E-state index in [0.29, 0.717) is 16.6 Å². The van der Waals surface area contributed by atoms with Crippen LogP contribution in [-0.4, -0.2) is 60.0 Å². The first-order valence-corrected chi connectivity index (χ1v) is 9.45. The Morgan fingerprint density at radius 1 is 1.03 bits per heavy atom. The number of nitrogens with zero attached hydrogens (tertiary/aromatic N) is 2. The minimum Gasteiger partial charge on any atom is -0.495 e. The Balaban J connectivity index is 0.00000240. The van der Waals surface area contributed by atoms with Gasteiger partial charge < -0.3 is 19.6 Å². The van der Waals surface area contributed by atoms with Crippen LogP contribution in [0.25, 0.3) is 11.0 Å². The fourth-order valence-electron chi connectivity index (χ4n) is 3.83. The largest absolute Gasteiger partial charge is 0.495 e. The molecule has 2 aromatic carbocycles. The van der Waals surface area contributed by atoms with Crippen LogP contribution >= 0.6 is 12.4 Å². The van der Waals surface area contributed by atoms with E-state index in [2.05, 4.69) is 25.8 Å². The normalized spacial score (nSPS) is 15.7. The quantitative estimate of drug-likeness (QED) is 0.625. The lowest BCUT2D eigenvalue weighted by molar-refractivity contribution is 0.0830. The van der Waals surface area contributed by atoms with Crippen molar-refractivity contribution in [3.05, 3.63) is 58.5 Å². The fraction of sp³-hybridized carbons (Fsp3) is 0.333. The zero-order valence-corrected chi connectivity index (χ0v) is 17.3. The van der Waals surface area contributed by atoms with E-state index in [4.69, 9.17) is 4.74 Å². The Hall–Kier alpha value is -2.77. The van der Waals surface area contributed by atoms with Gasteiger partial charge in [-0.3, -0.25) is 9.69 Å². The number of para-hydroxylation sites is 2. The summed E-state index contributed by atoms with van der Waals surface area (Å²) in [7, 11) is 1.68. The van der Waals surface area contributed by atoms with Gasteiger partial charge in [-0.05, 0) is 37.3 Å². The van der Waals surface area contributed by atoms with Crippen molar-refractivity contribution in [3.63, 3.8) is 0 Å². The molecule has 1 aliphatic rings. The molecular weight excluding hydrogens is 392 g/mol. The molecular formula is C21H25ClN4O3. The summed E-state index contributed by atoms with van der Waals surface area (Å²) in [6.07, 6.45) is 0. The van der Waals surface area contributed by atoms with Gasteiger partial charge in [-0.25, -0.2) is 4.79 Å². The molecule has 29 heavy (non-hydrogen) atoms. The predicted octanol–water partition coefficient (Wildman–Crippen LogP) is 2.68. The van der Waals surface area contributed by atoms with Crippen molar-refractivity contribution in [2.75, 3.05) is 38.2 Å². The SMILES string of the molecule is COc1ccccc1N1CCN(C(C)C(=O)c2ccc3[nH]c(=O)[nH]c3c2)CC1.Cl. The van der Waals surface area contributed by atoms with Gasteiger partial charge in [-0.15, -0.1) is 12.4 Å². The number of methoxy groups -OCH3 is 1. The van der Waals surface area contributed by atoms with Gasteiger partial charge in [0.25, 0.3) is 0 Å². The average molecular weight is 417 g/mol. The van der Waals surface area contributed by atoms with Gasteiger partial charge in [0, 0.05) is 31.7 Å². The number of nitrogens with one attached hydrogen (secondary N) is 2. The van der Waals surface area contributed by atoms with Crippen LogP contribution in [0, 0.1) is 0 Å². The number of Topliss-reactive ketones (excluding diaryl/α,β-unsaturated/α-hetero) is 1. The standard InChI is InChI=1S/C21H24N4O3.ClH/c1-14(20(26)15-7-8-16-17(13-15)23-21(27)22-16)24-9-11-25(12-10-24)18-5-3-4-6-19(18)28-2;/h3-8,13-14H,9-12H2,1-2H3,(H2,22,23,27);1H. The lowest BCUT2D eigenvalue weighted by Crippen LogP contribution is -2.51. The smallest absolute Gasteiger partial charge is 0.323 e. The summed E-state index contributed by atoms with van der Waals surface area (Å²) in [6, 6.07) is 13.1. The Morgan fingerprint density at radius 2 is 1.72 bits per heavy atom. The van der Waals surface area contributed by atoms with E-state index < -0.39 is 0 Å². The molecule has 1 aromatic heterocycles. The van der Waals surface area contributed by atoms with E-state index in [1.54, 1.807) is 25.3 Å². The van der Waals surface area contributed by atoms with Gasteiger partial charge in [0.15, 0.2) is 5.78 Å². The molecule has 7 nitrogen and oxygen atoms in total. The number of hydrogen-bond acceptors (Lipinski definition) is 5. The van der Waals surface area contributed by atoms with Crippen molar-refractivity contribution in [1.29, 1.82) is 0 Å². The maximum absolute atomic E-state index is 13.0. The van der Waals surface area contributed by atoms with E-state index in [9.17, 15) is 9.59 Å². The molecule has 0 bridgehead atoms. The number of aromatic amines is 2. The fourth-order valence-corrected chi connectivity index (χ4v) is 3.83. The van der Waals surface area contributed by atoms with Gasteiger partial charge in [0.05, 0.1) is 29.9 Å². The monoisotopic (exact) mass is 416 g/mol. The van der Waals surface area contributed by atoms with Crippen LogP contribution in [0.15, 0.2) is 47.3 Å². The molecule has 154 valence electrons. The summed E-state index contributed by atoms with van der Waals surface area (Å²) in [5.41, 5.74) is 2.80. The highest BCUT2D eigenvalue weighted by molar-refractivity contribution is 6.02. The minimum absolute atomic E-state index is 0. The molecule has 1 fully saturated rings. The topological polar surface area (TPSA) is 81.4 Å². The minimum atomic E-state index is -0.264. The van der Waals surface area contributed by atoms with Crippen molar-refractivity contribution in [1.82, 2.24) is 14.9 Å². The molecule has 1 atom stereocenters. The van der Waals surface area contributed by atoms with Gasteiger partial charge in [-0.2, -0.15) is 0 Å². The van der Waals surface area contributed by atoms with Crippen LogP contribution in [0.2, 0.25) is 0 Å². The number of ketones is 1. The first kappa shape index (κ1) is 21.0. The van der Waals surface area contributed by atoms with Gasteiger partial charge in [0.2, 0.25) is 0 Å². The third-order valence-electron chi connectivity index (χ3n) is 5.47. The van der Waals surface area contributed by atoms with Crippen LogP contribution in [0.1, 0.15) is 17.3 Å². The second-order valence-electron chi connectivity index (χ2n) is 7.07. The molecule has 8 heteroatoms. The molecule has 3 aromatic rings. The number of halogens is 1. The zero-order chi connectivity index (χ0) is 19.7. The second-order valence-corrected chi connectivity index (χ2v) is 7.07. The van der Waals surface area contributed by atoms with E-state index in [1.807, 2.05) is 25.1 Å². The Bertz CT molecular complexity index is 1050. The van der Waals surface area contributed by atoms with E-state index in [1.165, 1.54) is 0 Å². The average Bonchev–Trinajstić information content (AvgIpc) is 3.12. The first-order valence-electron chi connectivity index (χ1n) is 9.45. The molecule has 0 spiro atoms. The highest BCUT2D eigenvalue weighted by Crippen LogP contribution is 2.28. The van der Waals surface area contributed by atoms with Crippen LogP contribution in [0.5, 0.6) is 5.75 Å². The number of carbonyl (C=O) groups is 1. The number of H-pyrrole nitrogens is 2. The van der Waals surface area contributed by atoms with E-state index >= 15 is 0 Å². The maximum Gasteiger partial charge on any atom is 0.323 e. The summed E-state index contributed by atoms with van der Waals surface area (Å²) >= 11 is 0. The molecule has 0 saturated carbocycles. The van der Waals surface area contributed by atoms with Crippen LogP contribution in [0.4, 0.5) is 5.69 Å². The number of carbonyl (C=O) groups excluding carboxylic acids is 1. The van der Waals surface area contributed by atoms with Crippen molar-refractivity contribution in [2.24, 2.45) is 0 Å². The second kappa shape index (κ2) is 8.71. The molecule has 1 unspecified atom stereocenters. The van der Waals surface area contributed by atoms with Crippen molar-refractivity contribution in [3.8, 4) is 5.75 Å². The van der Waals surface area contributed by atoms with Gasteiger partial charge in [0.1, 0.15) is 5.75 Å². The Morgan fingerprint density at radius 3 is 2.45 bits per heavy atom. The highest BCUT2D eigenvalue weighted by Gasteiger charge is 2.27. The molecule has 2 heterocycles. The number of piperazine rings is 1. The van der Waals surface area contributed by atoms with Crippen LogP contribution < -0.4 is 15.3 Å². The van der Waals surface area contributed by atoms with E-state index in [-0.39, 0.29) is 29.9 Å². The van der Waals surface area contributed by atoms with E-state index in [0.717, 1.165) is 37.6 Å². The van der Waals surface area contributed by atoms with Crippen molar-refractivity contribution >= 4 is 34.9 Å². The Kier molecular flexibility index (Phi) is 6.30. The molecule has 2 N–H and O–H groups in total. The summed E-state index contributed by atoms with van der Waals surface area (Å²) in [6.45, 7) is 5.22. The predicted molar refractivity (Wildman–Crippen MR) is 117 cm³/mol. The number of fused-ring (bicyclic) bond motifs is 1. The molecule has 1 aliphatic heterocycles. The summed E-state index contributed by atoms with van der Waals surface area (Å²) in [4.78, 5) is 34.3. The Labute approximate surface area is 175 Å². The third kappa shape index (κ3) is 4.16. The number of anilines is 1. The number of benzene rings is 2. The summed E-state index contributed by atoms with van der Waals surface area (Å²) in [5.74, 6) is 0.934. The zero-order valence-electron chi connectivity index (χ0n) is 16.5. The van der Waals surface area contributed by atoms with Crippen molar-refractivity contribution < 1.29 is 9.53 Å². The summed E-state index contributed by atoms with van der Waals surface area (Å²) in [5, 5.41) is 0. The maximum atomic E-state index is 13.0. The van der Waals surface area contributed by atoms with Crippen LogP contribution in [0.3, 0.4) is 0 Å². The molecule has 0 amide bonds. The number of ether oxygens (including phenoxy) is 1. The first-order chi connectivity index (χ1) is 13.6. The highest BCUT2D eigenvalue weighted by atomic mass is 35.5. The lowest BCUT2D eigenvalue weighted by Gasteiger charge is -2.39. The van der Waals surface area contributed by atoms with Gasteiger partial charge in [-0.1, -0.05) is 12.1 Å². The number of imidazole rings is 1. The van der Waals surface area contributed by atoms with Crippen LogP contribution in [-0.2, 0) is 0 Å². The number of hydrogen-bond donors (Lipinski definition) is 2. The number of rotatable bonds is 5. The lowest BCUT2D eigenvalue weighted by atomic mass is 10.0.